The second kappa shape index (κ2) is 29.1. The van der Waals surface area contributed by atoms with Gasteiger partial charge in [0, 0.05) is 0 Å². The third-order valence-electron chi connectivity index (χ3n) is 15.2. The van der Waals surface area contributed by atoms with Crippen molar-refractivity contribution >= 4 is 0 Å². The highest BCUT2D eigenvalue weighted by Crippen LogP contribution is 2.38. The summed E-state index contributed by atoms with van der Waals surface area (Å²) in [5, 5.41) is 254. The summed E-state index contributed by atoms with van der Waals surface area (Å²) >= 11 is 0. The minimum Gasteiger partial charge on any atom is -0.394 e. The first-order valence-electron chi connectivity index (χ1n) is 25.8. The van der Waals surface area contributed by atoms with Gasteiger partial charge >= 0.3 is 0 Å². The summed E-state index contributed by atoms with van der Waals surface area (Å²) < 4.78 is 72.6. The fourth-order valence-corrected chi connectivity index (χ4v) is 10.5. The first-order chi connectivity index (χ1) is 39.0. The van der Waals surface area contributed by atoms with Gasteiger partial charge in [0.1, 0.15) is 177 Å². The Bertz CT molecular complexity index is 2040. The van der Waals surface area contributed by atoms with E-state index in [0.717, 1.165) is 0 Å². The third-order valence-corrected chi connectivity index (χ3v) is 15.2. The van der Waals surface area contributed by atoms with E-state index in [0.29, 0.717) is 0 Å². The van der Waals surface area contributed by atoms with Crippen molar-refractivity contribution in [3.63, 3.8) is 0 Å². The van der Waals surface area contributed by atoms with Crippen LogP contribution in [0, 0.1) is 28.6 Å². The molecule has 22 N–H and O–H groups in total. The molecule has 7 aliphatic heterocycles. The number of aliphatic hydroxyl groups is 22. The van der Waals surface area contributed by atoms with E-state index in [2.05, 4.69) is 0 Å². The van der Waals surface area contributed by atoms with Crippen molar-refractivity contribution in [2.45, 2.75) is 215 Å². The van der Waals surface area contributed by atoms with Crippen molar-refractivity contribution in [3.05, 3.63) is 0 Å². The molecular weight excluding hydrogens is 1130 g/mol. The summed E-state index contributed by atoms with van der Waals surface area (Å²) in [6.07, 6.45) is -67.8. The van der Waals surface area contributed by atoms with Gasteiger partial charge in [-0.05, 0) is 0 Å². The minimum absolute atomic E-state index is 0.848. The zero-order chi connectivity index (χ0) is 60.3. The average Bonchev–Trinajstić information content (AvgIpc) is 3.64. The molecule has 37 heteroatoms. The van der Waals surface area contributed by atoms with Crippen LogP contribution in [0.25, 0.3) is 0 Å². The van der Waals surface area contributed by atoms with Gasteiger partial charge in [0.05, 0.1) is 58.4 Å². The van der Waals surface area contributed by atoms with Gasteiger partial charge in [-0.1, -0.05) is 0 Å². The van der Waals surface area contributed by atoms with Crippen LogP contribution in [0.15, 0.2) is 0 Å². The van der Waals surface area contributed by atoms with E-state index >= 15 is 0 Å². The van der Waals surface area contributed by atoms with Crippen molar-refractivity contribution in [1.82, 2.24) is 0 Å². The zero-order valence-corrected chi connectivity index (χ0v) is 42.8. The fraction of sp³-hybridized carbons (Fsp3) is 0.956. The largest absolute Gasteiger partial charge is 0.394 e. The van der Waals surface area contributed by atoms with E-state index in [1.165, 1.54) is 0 Å². The molecule has 7 rings (SSSR count). The summed E-state index contributed by atoms with van der Waals surface area (Å²) in [6.45, 7) is -6.99. The highest BCUT2D eigenvalue weighted by atomic mass is 16.8. The van der Waals surface area contributed by atoms with E-state index in [9.17, 15) is 123 Å². The predicted molar refractivity (Wildman–Crippen MR) is 244 cm³/mol. The quantitative estimate of drug-likeness (QED) is 0.0538. The van der Waals surface area contributed by atoms with Crippen LogP contribution in [-0.2, 0) is 61.6 Å². The van der Waals surface area contributed by atoms with Crippen LogP contribution in [0.1, 0.15) is 0 Å². The molecule has 472 valence electrons. The molecule has 0 unspecified atom stereocenters. The number of hydrogen-bond acceptors (Lipinski definition) is 37. The van der Waals surface area contributed by atoms with Crippen LogP contribution < -0.4 is 0 Å². The van der Waals surface area contributed by atoms with Crippen molar-refractivity contribution < 1.29 is 174 Å². The van der Waals surface area contributed by atoms with Crippen LogP contribution in [-0.4, -0.2) is 373 Å². The lowest BCUT2D eigenvalue weighted by Gasteiger charge is -2.50. The molecule has 0 aromatic carbocycles. The van der Waals surface area contributed by atoms with E-state index in [-0.39, 0.29) is 0 Å². The summed E-state index contributed by atoms with van der Waals surface area (Å²) in [5.41, 5.74) is 0. The van der Waals surface area contributed by atoms with Gasteiger partial charge in [-0.3, -0.25) is 0 Å². The molecule has 82 heavy (non-hydrogen) atoms. The molecule has 0 aromatic rings. The van der Waals surface area contributed by atoms with Crippen LogP contribution in [0.4, 0.5) is 0 Å². The van der Waals surface area contributed by atoms with Crippen LogP contribution in [0.2, 0.25) is 0 Å². The lowest BCUT2D eigenvalue weighted by Crippen LogP contribution is -2.68. The Labute approximate surface area is 462 Å². The minimum atomic E-state index is -2.24. The number of nitrogens with zero attached hydrogens (tertiary/aromatic N) is 2. The maximum atomic E-state index is 11.3. The summed E-state index contributed by atoms with van der Waals surface area (Å²) in [6, 6.07) is 3.16. The highest BCUT2D eigenvalue weighted by Gasteiger charge is 2.59. The molecule has 0 aromatic heterocycles. The predicted octanol–water partition coefficient (Wildman–Crippen LogP) is -15.6. The molecular formula is C45H72N2O35. The van der Waals surface area contributed by atoms with Gasteiger partial charge in [0.15, 0.2) is 43.7 Å². The Kier molecular flexibility index (Phi) is 23.8. The van der Waals surface area contributed by atoms with Crippen molar-refractivity contribution in [1.29, 1.82) is 10.5 Å². The first-order valence-corrected chi connectivity index (χ1v) is 25.8. The molecule has 7 aliphatic rings. The van der Waals surface area contributed by atoms with E-state index < -0.39 is 267 Å². The van der Waals surface area contributed by atoms with Gasteiger partial charge in [-0.2, -0.15) is 10.5 Å². The molecule has 0 amide bonds. The standard InChI is InChI=1S/C45H72N2O35/c46-1-10(2-47)33-20(57)21(58)34(12(4-49)70-33)77-41-28(65)23(60)36(14(6-51)72-41)79-43-30(67)25(62)38(16(8-53)74-43)81-45-32(69)26(63)39(17(9-54)76-45)82-44-31(68)24(61)37(15(7-52)75-44)80-42-29(66)22(59)35(13(5-50)73-42)78-40-27(64)19(56)18(55)11(3-48)71-40/h10-45,48-69H,3-9H2/t11-,12-,13-,14-,15-,16-,17-,18-,19+,20-,21-,22-,23-,24-,25-,26-,27-,28-,29-,30-,31-,32-,33-,34-,35-,36-,37-,38-,39-,40-,41-,42-,43-,44-,45-/m1/s1. The van der Waals surface area contributed by atoms with E-state index in [4.69, 9.17) is 61.6 Å². The van der Waals surface area contributed by atoms with Gasteiger partial charge in [-0.15, -0.1) is 0 Å². The monoisotopic (exact) mass is 1200 g/mol. The van der Waals surface area contributed by atoms with Gasteiger partial charge in [-0.25, -0.2) is 0 Å². The maximum absolute atomic E-state index is 11.3. The average molecular weight is 1200 g/mol. The normalized spacial score (nSPS) is 51.3. The molecule has 0 radical (unpaired) electrons. The second-order valence-electron chi connectivity index (χ2n) is 20.4. The summed E-state index contributed by atoms with van der Waals surface area (Å²) in [4.78, 5) is 0. The maximum Gasteiger partial charge on any atom is 0.187 e. The smallest absolute Gasteiger partial charge is 0.187 e. The number of nitriles is 2. The van der Waals surface area contributed by atoms with Gasteiger partial charge < -0.3 is 174 Å². The number of aliphatic hydroxyl groups excluding tert-OH is 22. The van der Waals surface area contributed by atoms with Crippen molar-refractivity contribution in [2.24, 2.45) is 5.92 Å². The molecule has 35 atom stereocenters. The number of ether oxygens (including phenoxy) is 13. The van der Waals surface area contributed by atoms with E-state index in [1.54, 1.807) is 12.1 Å². The number of rotatable bonds is 20. The second-order valence-corrected chi connectivity index (χ2v) is 20.4. The zero-order valence-electron chi connectivity index (χ0n) is 42.8. The molecule has 0 spiro atoms. The lowest BCUT2D eigenvalue weighted by atomic mass is 9.88. The van der Waals surface area contributed by atoms with Gasteiger partial charge in [0.25, 0.3) is 0 Å². The molecule has 0 aliphatic carbocycles. The van der Waals surface area contributed by atoms with Crippen molar-refractivity contribution in [2.75, 3.05) is 46.2 Å². The molecule has 0 saturated carbocycles. The molecule has 7 heterocycles. The highest BCUT2D eigenvalue weighted by molar-refractivity contribution is 5.10. The Morgan fingerprint density at radius 2 is 0.451 bits per heavy atom. The molecule has 7 fully saturated rings. The third kappa shape index (κ3) is 13.5. The van der Waals surface area contributed by atoms with Crippen LogP contribution in [0.3, 0.4) is 0 Å². The SMILES string of the molecule is N#CC(C#N)[C@H]1O[C@H](CO)[C@@H](O[C@H]2O[C@H](CO)[C@@H](O[C@H]3O[C@H](CO)[C@@H](O[C@H]4O[C@H](CO)[C@@H](O[C@H]5O[C@H](CO)[C@@H](O[C@H]6O[C@H](CO)[C@@H](O[C@H]7O[C@H](CO)[C@@H](O)[C@H](O)[C@H]7O)[C@H](O)[C@H]6O)[C@H](O)[C@H]5O)[C@H](O)[C@H]4O)[C@H](O)[C@H]3O)[C@H](O)[C@H]2O)[C@H](O)[C@H]1O. The van der Waals surface area contributed by atoms with Crippen LogP contribution >= 0.6 is 0 Å². The first kappa shape index (κ1) is 67.1. The molecule has 0 bridgehead atoms. The lowest BCUT2D eigenvalue weighted by molar-refractivity contribution is -0.397. The van der Waals surface area contributed by atoms with Crippen LogP contribution in [0.5, 0.6) is 0 Å². The molecule has 37 nitrogen and oxygen atoms in total. The Balaban J connectivity index is 0.946. The Morgan fingerprint density at radius 3 is 0.671 bits per heavy atom. The summed E-state index contributed by atoms with van der Waals surface area (Å²) in [5.74, 6) is -1.60. The Hall–Kier alpha value is -2.42. The van der Waals surface area contributed by atoms with Crippen molar-refractivity contribution in [3.8, 4) is 12.1 Å². The number of hydrogen-bond donors (Lipinski definition) is 22. The Morgan fingerprint density at radius 1 is 0.256 bits per heavy atom. The topological polar surface area (TPSA) is 613 Å². The van der Waals surface area contributed by atoms with E-state index in [1.807, 2.05) is 0 Å². The summed E-state index contributed by atoms with van der Waals surface area (Å²) in [7, 11) is 0. The fourth-order valence-electron chi connectivity index (χ4n) is 10.5. The van der Waals surface area contributed by atoms with Gasteiger partial charge in [0.2, 0.25) is 0 Å². The molecule has 7 saturated heterocycles.